The maximum atomic E-state index is 13.7. The van der Waals surface area contributed by atoms with Crippen molar-refractivity contribution in [1.29, 1.82) is 0 Å². The predicted octanol–water partition coefficient (Wildman–Crippen LogP) is 5.77. The molecule has 28 heavy (non-hydrogen) atoms. The summed E-state index contributed by atoms with van der Waals surface area (Å²) in [6.45, 7) is 3.34. The summed E-state index contributed by atoms with van der Waals surface area (Å²) >= 11 is 1.17. The molecule has 9 heteroatoms. The molecule has 3 rings (SSSR count). The fourth-order valence-corrected chi connectivity index (χ4v) is 3.78. The number of hydrogen-bond donors (Lipinski definition) is 1. The van der Waals surface area contributed by atoms with Crippen molar-refractivity contribution >= 4 is 27.9 Å². The zero-order chi connectivity index (χ0) is 20.5. The van der Waals surface area contributed by atoms with Gasteiger partial charge in [0.05, 0.1) is 10.4 Å². The molecule has 1 atom stereocenters. The van der Waals surface area contributed by atoms with E-state index in [9.17, 15) is 22.4 Å². The molecule has 0 radical (unpaired) electrons. The van der Waals surface area contributed by atoms with Crippen molar-refractivity contribution in [2.45, 2.75) is 26.6 Å². The van der Waals surface area contributed by atoms with Crippen LogP contribution in [0.2, 0.25) is 0 Å². The molecule has 2 aromatic rings. The molecular weight excluding hydrogens is 396 g/mol. The summed E-state index contributed by atoms with van der Waals surface area (Å²) in [6, 6.07) is 5.58. The van der Waals surface area contributed by atoms with Gasteiger partial charge in [0.2, 0.25) is 0 Å². The second-order valence-corrected chi connectivity index (χ2v) is 7.36. The lowest BCUT2D eigenvalue weighted by Crippen LogP contribution is -2.19. The van der Waals surface area contributed by atoms with Gasteiger partial charge in [-0.3, -0.25) is 10.1 Å². The molecule has 0 saturated carbocycles. The van der Waals surface area contributed by atoms with E-state index in [1.807, 2.05) is 0 Å². The number of hydrogen-bond acceptors (Lipinski definition) is 4. The van der Waals surface area contributed by atoms with Gasteiger partial charge in [-0.2, -0.15) is 0 Å². The van der Waals surface area contributed by atoms with Crippen LogP contribution in [0.3, 0.4) is 0 Å². The number of carbonyl (C=O) groups excluding carboxylic acids is 1. The van der Waals surface area contributed by atoms with Crippen LogP contribution in [-0.2, 0) is 4.74 Å². The Morgan fingerprint density at radius 2 is 2.04 bits per heavy atom. The molecule has 1 heterocycles. The van der Waals surface area contributed by atoms with Gasteiger partial charge in [0, 0.05) is 12.1 Å². The molecular formula is C19H16F4N2O2S. The molecule has 1 amide bonds. The smallest absolute Gasteiger partial charge is 0.410 e. The Hall–Kier alpha value is -2.68. The van der Waals surface area contributed by atoms with Crippen LogP contribution in [-0.4, -0.2) is 17.3 Å². The largest absolute Gasteiger partial charge is 0.572 e. The van der Waals surface area contributed by atoms with Crippen molar-refractivity contribution in [3.8, 4) is 0 Å². The van der Waals surface area contributed by atoms with Crippen LogP contribution in [0.5, 0.6) is 0 Å². The lowest BCUT2D eigenvalue weighted by Gasteiger charge is -2.24. The van der Waals surface area contributed by atoms with Gasteiger partial charge in [-0.1, -0.05) is 30.4 Å². The number of nitrogens with one attached hydrogen (secondary N) is 1. The third kappa shape index (κ3) is 4.59. The third-order valence-electron chi connectivity index (χ3n) is 4.21. The minimum absolute atomic E-state index is 0.0993. The first-order valence-electron chi connectivity index (χ1n) is 8.33. The number of amides is 1. The summed E-state index contributed by atoms with van der Waals surface area (Å²) in [6.07, 6.45) is -1.48. The first-order valence-corrected chi connectivity index (χ1v) is 9.15. The molecule has 1 aromatic heterocycles. The highest BCUT2D eigenvalue weighted by atomic mass is 32.1. The van der Waals surface area contributed by atoms with Gasteiger partial charge in [-0.05, 0) is 42.7 Å². The Bertz CT molecular complexity index is 963. The van der Waals surface area contributed by atoms with Crippen LogP contribution in [0.1, 0.15) is 35.5 Å². The summed E-state index contributed by atoms with van der Waals surface area (Å²) in [4.78, 5) is 17.0. The molecule has 1 aromatic carbocycles. The van der Waals surface area contributed by atoms with Crippen molar-refractivity contribution in [3.63, 3.8) is 0 Å². The Morgan fingerprint density at radius 1 is 1.32 bits per heavy atom. The molecule has 1 aliphatic rings. The van der Waals surface area contributed by atoms with E-state index in [0.717, 1.165) is 10.5 Å². The minimum Gasteiger partial charge on any atom is -0.410 e. The van der Waals surface area contributed by atoms with E-state index < -0.39 is 24.0 Å². The van der Waals surface area contributed by atoms with E-state index in [1.165, 1.54) is 41.8 Å². The number of carbonyl (C=O) groups is 1. The number of anilines is 1. The topological polar surface area (TPSA) is 51.2 Å². The average molecular weight is 412 g/mol. The Labute approximate surface area is 162 Å². The maximum Gasteiger partial charge on any atom is 0.572 e. The van der Waals surface area contributed by atoms with E-state index in [2.05, 4.69) is 15.0 Å². The molecule has 4 nitrogen and oxygen atoms in total. The van der Waals surface area contributed by atoms with Crippen molar-refractivity contribution in [2.24, 2.45) is 5.92 Å². The standard InChI is InChI=1S/C19H16F4N2O2S/c1-10-8-15(27-19(21,22)23)11(2)7-13(10)16-9-24-18(28-16)25-17(26)12-5-3-4-6-14(12)20/h3-6,8-9,11H,7H2,1-2H3,(H,24,25,26). The second-order valence-electron chi connectivity index (χ2n) is 6.32. The van der Waals surface area contributed by atoms with E-state index in [4.69, 9.17) is 0 Å². The van der Waals surface area contributed by atoms with Gasteiger partial charge in [-0.25, -0.2) is 9.37 Å². The molecule has 1 unspecified atom stereocenters. The van der Waals surface area contributed by atoms with Gasteiger partial charge in [0.15, 0.2) is 5.13 Å². The number of nitrogens with zero attached hydrogens (tertiary/aromatic N) is 1. The highest BCUT2D eigenvalue weighted by Crippen LogP contribution is 2.40. The van der Waals surface area contributed by atoms with E-state index in [0.29, 0.717) is 12.0 Å². The van der Waals surface area contributed by atoms with Crippen LogP contribution in [0.15, 0.2) is 47.9 Å². The second kappa shape index (κ2) is 7.75. The molecule has 0 fully saturated rings. The molecule has 148 valence electrons. The molecule has 1 N–H and O–H groups in total. The van der Waals surface area contributed by atoms with Crippen LogP contribution in [0.25, 0.3) is 5.57 Å². The van der Waals surface area contributed by atoms with Crippen molar-refractivity contribution in [2.75, 3.05) is 5.32 Å². The molecule has 0 bridgehead atoms. The maximum absolute atomic E-state index is 13.7. The predicted molar refractivity (Wildman–Crippen MR) is 98.1 cm³/mol. The summed E-state index contributed by atoms with van der Waals surface area (Å²) in [5.41, 5.74) is 1.36. The first-order chi connectivity index (χ1) is 13.1. The fraction of sp³-hybridized carbons (Fsp3) is 0.263. The van der Waals surface area contributed by atoms with Gasteiger partial charge in [-0.15, -0.1) is 13.2 Å². The summed E-state index contributed by atoms with van der Waals surface area (Å²) in [7, 11) is 0. The van der Waals surface area contributed by atoms with E-state index in [1.54, 1.807) is 19.9 Å². The number of halogens is 4. The number of rotatable bonds is 4. The Kier molecular flexibility index (Phi) is 5.55. The number of alkyl halides is 3. The fourth-order valence-electron chi connectivity index (χ4n) is 2.85. The zero-order valence-corrected chi connectivity index (χ0v) is 15.7. The molecule has 0 spiro atoms. The highest BCUT2D eigenvalue weighted by molar-refractivity contribution is 7.16. The van der Waals surface area contributed by atoms with Gasteiger partial charge < -0.3 is 4.74 Å². The van der Waals surface area contributed by atoms with Gasteiger partial charge in [0.25, 0.3) is 5.91 Å². The molecule has 1 aliphatic carbocycles. The summed E-state index contributed by atoms with van der Waals surface area (Å²) in [5.74, 6) is -1.86. The van der Waals surface area contributed by atoms with Crippen molar-refractivity contribution < 1.29 is 27.1 Å². The quantitative estimate of drug-likeness (QED) is 0.649. The highest BCUT2D eigenvalue weighted by Gasteiger charge is 2.35. The molecule has 0 saturated heterocycles. The van der Waals surface area contributed by atoms with Crippen LogP contribution < -0.4 is 5.32 Å². The SMILES string of the molecule is CC1=C(c2cnc(NC(=O)c3ccccc3F)s2)CC(C)C(OC(F)(F)F)=C1. The lowest BCUT2D eigenvalue weighted by atomic mass is 9.89. The van der Waals surface area contributed by atoms with Crippen molar-refractivity contribution in [1.82, 2.24) is 4.98 Å². The normalized spacial score (nSPS) is 17.4. The van der Waals surface area contributed by atoms with Gasteiger partial charge in [0.1, 0.15) is 11.6 Å². The minimum atomic E-state index is -4.73. The Morgan fingerprint density at radius 3 is 2.71 bits per heavy atom. The zero-order valence-electron chi connectivity index (χ0n) is 14.9. The monoisotopic (exact) mass is 412 g/mol. The lowest BCUT2D eigenvalue weighted by molar-refractivity contribution is -0.308. The number of allylic oxidation sites excluding steroid dienone is 4. The number of aromatic nitrogens is 1. The third-order valence-corrected chi connectivity index (χ3v) is 5.18. The van der Waals surface area contributed by atoms with Crippen LogP contribution in [0, 0.1) is 11.7 Å². The first kappa shape index (κ1) is 20.1. The average Bonchev–Trinajstić information content (AvgIpc) is 3.05. The number of ether oxygens (including phenoxy) is 1. The number of benzene rings is 1. The van der Waals surface area contributed by atoms with Crippen LogP contribution in [0.4, 0.5) is 22.7 Å². The summed E-state index contributed by atoms with van der Waals surface area (Å²) < 4.78 is 55.3. The van der Waals surface area contributed by atoms with Crippen molar-refractivity contribution in [3.05, 3.63) is 64.1 Å². The van der Waals surface area contributed by atoms with Gasteiger partial charge >= 0.3 is 6.36 Å². The summed E-state index contributed by atoms with van der Waals surface area (Å²) in [5, 5.41) is 2.82. The van der Waals surface area contributed by atoms with E-state index >= 15 is 0 Å². The van der Waals surface area contributed by atoms with E-state index in [-0.39, 0.29) is 16.5 Å². The Balaban J connectivity index is 1.79. The number of thiazole rings is 1. The molecule has 0 aliphatic heterocycles. The van der Waals surface area contributed by atoms with Crippen LogP contribution >= 0.6 is 11.3 Å².